The lowest BCUT2D eigenvalue weighted by Crippen LogP contribution is -2.32. The van der Waals surface area contributed by atoms with E-state index in [0.29, 0.717) is 6.04 Å². The monoisotopic (exact) mass is 252 g/mol. The van der Waals surface area contributed by atoms with Crippen molar-refractivity contribution in [3.8, 4) is 0 Å². The number of aryl methyl sites for hydroxylation is 1. The van der Waals surface area contributed by atoms with Crippen LogP contribution >= 0.6 is 11.3 Å². The lowest BCUT2D eigenvalue weighted by Gasteiger charge is -2.21. The molecule has 3 heterocycles. The molecule has 4 nitrogen and oxygen atoms in total. The van der Waals surface area contributed by atoms with Crippen molar-refractivity contribution in [1.29, 1.82) is 0 Å². The second-order valence-corrected chi connectivity index (χ2v) is 6.32. The quantitative estimate of drug-likeness (QED) is 0.892. The summed E-state index contributed by atoms with van der Waals surface area (Å²) in [6.45, 7) is 2.89. The molecule has 3 rings (SSSR count). The molecule has 2 bridgehead atoms. The van der Waals surface area contributed by atoms with E-state index in [1.807, 2.05) is 13.1 Å². The van der Waals surface area contributed by atoms with Crippen LogP contribution in [0.5, 0.6) is 0 Å². The highest BCUT2D eigenvalue weighted by Crippen LogP contribution is 2.42. The van der Waals surface area contributed by atoms with Gasteiger partial charge in [0.15, 0.2) is 0 Å². The molecule has 5 heteroatoms. The molecule has 2 fully saturated rings. The van der Waals surface area contributed by atoms with Crippen LogP contribution in [0.2, 0.25) is 0 Å². The predicted octanol–water partition coefficient (Wildman–Crippen LogP) is 1.89. The molecule has 0 amide bonds. The second-order valence-electron chi connectivity index (χ2n) is 5.00. The maximum atomic E-state index is 11.2. The molecule has 1 N–H and O–H groups in total. The van der Waals surface area contributed by atoms with E-state index in [9.17, 15) is 9.90 Å². The average Bonchev–Trinajstić information content (AvgIpc) is 2.95. The van der Waals surface area contributed by atoms with Gasteiger partial charge in [0.05, 0.1) is 10.9 Å². The summed E-state index contributed by atoms with van der Waals surface area (Å²) < 4.78 is 0. The van der Waals surface area contributed by atoms with Crippen molar-refractivity contribution >= 4 is 17.3 Å². The molecule has 2 aliphatic heterocycles. The maximum Gasteiger partial charge on any atom is 0.308 e. The average molecular weight is 252 g/mol. The topological polar surface area (TPSA) is 53.4 Å². The Morgan fingerprint density at radius 3 is 3.06 bits per heavy atom. The molecule has 3 unspecified atom stereocenters. The van der Waals surface area contributed by atoms with E-state index in [0.717, 1.165) is 30.8 Å². The zero-order valence-corrected chi connectivity index (χ0v) is 10.6. The van der Waals surface area contributed by atoms with Gasteiger partial charge < -0.3 is 5.11 Å². The SMILES string of the molecule is Cc1ncc(CN2C3CCC2C(C(=O)O)C3)s1. The highest BCUT2D eigenvalue weighted by atomic mass is 32.1. The van der Waals surface area contributed by atoms with Crippen LogP contribution < -0.4 is 0 Å². The fraction of sp³-hybridized carbons (Fsp3) is 0.667. The Morgan fingerprint density at radius 2 is 2.47 bits per heavy atom. The van der Waals surface area contributed by atoms with Crippen LogP contribution in [0.25, 0.3) is 0 Å². The van der Waals surface area contributed by atoms with Crippen LogP contribution in [0.4, 0.5) is 0 Å². The Hall–Kier alpha value is -0.940. The van der Waals surface area contributed by atoms with Crippen molar-refractivity contribution in [1.82, 2.24) is 9.88 Å². The molecule has 1 aromatic rings. The van der Waals surface area contributed by atoms with E-state index in [4.69, 9.17) is 0 Å². The number of hydrogen-bond donors (Lipinski definition) is 1. The van der Waals surface area contributed by atoms with Crippen molar-refractivity contribution in [2.24, 2.45) is 5.92 Å². The van der Waals surface area contributed by atoms with E-state index in [1.54, 1.807) is 11.3 Å². The fourth-order valence-corrected chi connectivity index (χ4v) is 4.08. The highest BCUT2D eigenvalue weighted by molar-refractivity contribution is 7.11. The Balaban J connectivity index is 1.75. The number of aromatic nitrogens is 1. The van der Waals surface area contributed by atoms with Crippen LogP contribution in [0.15, 0.2) is 6.20 Å². The number of hydrogen-bond acceptors (Lipinski definition) is 4. The van der Waals surface area contributed by atoms with Gasteiger partial charge in [0.2, 0.25) is 0 Å². The van der Waals surface area contributed by atoms with Crippen molar-refractivity contribution in [2.45, 2.75) is 44.8 Å². The summed E-state index contributed by atoms with van der Waals surface area (Å²) in [5.74, 6) is -0.773. The molecule has 17 heavy (non-hydrogen) atoms. The number of carboxylic acids is 1. The Labute approximate surface area is 104 Å². The lowest BCUT2D eigenvalue weighted by molar-refractivity contribution is -0.142. The van der Waals surface area contributed by atoms with Crippen LogP contribution in [0, 0.1) is 12.8 Å². The number of rotatable bonds is 3. The third-order valence-electron chi connectivity index (χ3n) is 4.01. The molecule has 92 valence electrons. The third kappa shape index (κ3) is 1.87. The van der Waals surface area contributed by atoms with Gasteiger partial charge >= 0.3 is 5.97 Å². The summed E-state index contributed by atoms with van der Waals surface area (Å²) in [7, 11) is 0. The molecule has 0 spiro atoms. The summed E-state index contributed by atoms with van der Waals surface area (Å²) in [6, 6.07) is 0.725. The molecule has 2 aliphatic rings. The van der Waals surface area contributed by atoms with E-state index < -0.39 is 5.97 Å². The maximum absolute atomic E-state index is 11.2. The number of nitrogens with zero attached hydrogens (tertiary/aromatic N) is 2. The molecule has 0 aromatic carbocycles. The normalized spacial score (nSPS) is 32.2. The van der Waals surface area contributed by atoms with Crippen LogP contribution in [0.3, 0.4) is 0 Å². The van der Waals surface area contributed by atoms with E-state index >= 15 is 0 Å². The van der Waals surface area contributed by atoms with Crippen LogP contribution in [0.1, 0.15) is 29.1 Å². The molecule has 0 radical (unpaired) electrons. The standard InChI is InChI=1S/C12H16N2O2S/c1-7-13-5-9(17-7)6-14-8-2-3-11(14)10(4-8)12(15)16/h5,8,10-11H,2-4,6H2,1H3,(H,15,16). The van der Waals surface area contributed by atoms with Gasteiger partial charge in [0, 0.05) is 29.7 Å². The summed E-state index contributed by atoms with van der Waals surface area (Å²) in [6.07, 6.45) is 4.96. The predicted molar refractivity (Wildman–Crippen MR) is 64.9 cm³/mol. The van der Waals surface area contributed by atoms with Gasteiger partial charge in [-0.05, 0) is 26.2 Å². The number of carboxylic acid groups (broad SMARTS) is 1. The van der Waals surface area contributed by atoms with Gasteiger partial charge in [-0.2, -0.15) is 0 Å². The minimum Gasteiger partial charge on any atom is -0.481 e. The lowest BCUT2D eigenvalue weighted by atomic mass is 9.89. The van der Waals surface area contributed by atoms with E-state index in [-0.39, 0.29) is 12.0 Å². The van der Waals surface area contributed by atoms with Gasteiger partial charge in [-0.15, -0.1) is 11.3 Å². The first-order valence-corrected chi connectivity index (χ1v) is 6.86. The molecular weight excluding hydrogens is 236 g/mol. The van der Waals surface area contributed by atoms with E-state index in [1.165, 1.54) is 4.88 Å². The van der Waals surface area contributed by atoms with Crippen molar-refractivity contribution < 1.29 is 9.90 Å². The Kier molecular flexibility index (Phi) is 2.67. The van der Waals surface area contributed by atoms with Crippen LogP contribution in [-0.2, 0) is 11.3 Å². The molecule has 1 aromatic heterocycles. The minimum atomic E-state index is -0.623. The third-order valence-corrected chi connectivity index (χ3v) is 4.90. The van der Waals surface area contributed by atoms with E-state index in [2.05, 4.69) is 9.88 Å². The largest absolute Gasteiger partial charge is 0.481 e. The number of carbonyl (C=O) groups is 1. The van der Waals surface area contributed by atoms with Crippen LogP contribution in [-0.4, -0.2) is 33.0 Å². The fourth-order valence-electron chi connectivity index (χ4n) is 3.27. The first-order valence-electron chi connectivity index (χ1n) is 6.05. The van der Waals surface area contributed by atoms with Gasteiger partial charge in [0.25, 0.3) is 0 Å². The van der Waals surface area contributed by atoms with Crippen molar-refractivity contribution in [3.63, 3.8) is 0 Å². The molecule has 0 aliphatic carbocycles. The molecule has 0 saturated carbocycles. The van der Waals surface area contributed by atoms with Crippen molar-refractivity contribution in [3.05, 3.63) is 16.1 Å². The van der Waals surface area contributed by atoms with Gasteiger partial charge in [-0.25, -0.2) is 4.98 Å². The Morgan fingerprint density at radius 1 is 1.65 bits per heavy atom. The first-order chi connectivity index (χ1) is 8.15. The van der Waals surface area contributed by atoms with Gasteiger partial charge in [0.1, 0.15) is 0 Å². The van der Waals surface area contributed by atoms with Crippen molar-refractivity contribution in [2.75, 3.05) is 0 Å². The zero-order valence-electron chi connectivity index (χ0n) is 9.80. The minimum absolute atomic E-state index is 0.150. The summed E-state index contributed by atoms with van der Waals surface area (Å²) in [5, 5.41) is 10.3. The zero-order chi connectivity index (χ0) is 12.0. The smallest absolute Gasteiger partial charge is 0.308 e. The Bertz CT molecular complexity index is 445. The number of fused-ring (bicyclic) bond motifs is 2. The number of thiazole rings is 1. The van der Waals surface area contributed by atoms with Gasteiger partial charge in [-0.3, -0.25) is 9.69 Å². The summed E-state index contributed by atoms with van der Waals surface area (Å²) >= 11 is 1.72. The second kappa shape index (κ2) is 4.07. The summed E-state index contributed by atoms with van der Waals surface area (Å²) in [4.78, 5) is 19.1. The van der Waals surface area contributed by atoms with Gasteiger partial charge in [-0.1, -0.05) is 0 Å². The molecular formula is C12H16N2O2S. The molecule has 3 atom stereocenters. The number of aliphatic carboxylic acids is 1. The highest BCUT2D eigenvalue weighted by Gasteiger charge is 2.49. The molecule has 2 saturated heterocycles. The first kappa shape index (κ1) is 11.2. The summed E-state index contributed by atoms with van der Waals surface area (Å²) in [5.41, 5.74) is 0.